The molecule has 10 nitrogen and oxygen atoms in total. The van der Waals surface area contributed by atoms with Crippen LogP contribution in [0.5, 0.6) is 0 Å². The van der Waals surface area contributed by atoms with Gasteiger partial charge in [-0.05, 0) is 37.2 Å². The van der Waals surface area contributed by atoms with Crippen molar-refractivity contribution in [3.8, 4) is 11.3 Å². The number of halogens is 4. The Hall–Kier alpha value is -3.19. The van der Waals surface area contributed by atoms with E-state index in [1.54, 1.807) is 6.07 Å². The molecule has 3 aromatic rings. The Labute approximate surface area is 202 Å². The van der Waals surface area contributed by atoms with Crippen LogP contribution >= 0.6 is 11.6 Å². The lowest BCUT2D eigenvalue weighted by Gasteiger charge is -2.42. The summed E-state index contributed by atoms with van der Waals surface area (Å²) in [6, 6.07) is 2.05. The Morgan fingerprint density at radius 1 is 1.23 bits per heavy atom. The number of hydrogen-bond donors (Lipinski definition) is 4. The number of nitrogens with two attached hydrogens (primary N) is 2. The second-order valence-electron chi connectivity index (χ2n) is 8.74. The Morgan fingerprint density at radius 3 is 2.51 bits per heavy atom. The summed E-state index contributed by atoms with van der Waals surface area (Å²) in [7, 11) is 0. The van der Waals surface area contributed by atoms with Gasteiger partial charge in [0, 0.05) is 30.9 Å². The molecule has 1 saturated heterocycles. The molecule has 1 spiro atoms. The Balaban J connectivity index is 0.000000364. The zero-order valence-electron chi connectivity index (χ0n) is 18.5. The highest BCUT2D eigenvalue weighted by atomic mass is 35.5. The minimum atomic E-state index is -5.08. The number of alkyl halides is 3. The van der Waals surface area contributed by atoms with Crippen LogP contribution in [-0.4, -0.2) is 61.5 Å². The minimum absolute atomic E-state index is 0.325. The van der Waals surface area contributed by atoms with Crippen molar-refractivity contribution in [3.05, 3.63) is 23.5 Å². The van der Waals surface area contributed by atoms with Gasteiger partial charge in [-0.25, -0.2) is 19.7 Å². The number of aliphatic carboxylic acids is 1. The Bertz CT molecular complexity index is 1230. The van der Waals surface area contributed by atoms with Gasteiger partial charge in [0.15, 0.2) is 0 Å². The number of anilines is 2. The van der Waals surface area contributed by atoms with Gasteiger partial charge in [0.25, 0.3) is 0 Å². The van der Waals surface area contributed by atoms with Gasteiger partial charge in [0.05, 0.1) is 16.9 Å². The number of fused-ring (bicyclic) bond motifs is 1. The first kappa shape index (κ1) is 24.9. The molecule has 188 valence electrons. The van der Waals surface area contributed by atoms with Gasteiger partial charge in [-0.2, -0.15) is 18.3 Å². The third-order valence-corrected chi connectivity index (χ3v) is 7.00. The summed E-state index contributed by atoms with van der Waals surface area (Å²) in [6.07, 6.45) is 4.15. The lowest BCUT2D eigenvalue weighted by atomic mass is 9.74. The molecule has 6 N–H and O–H groups in total. The van der Waals surface area contributed by atoms with Crippen molar-refractivity contribution in [2.75, 3.05) is 23.7 Å². The smallest absolute Gasteiger partial charge is 0.475 e. The highest BCUT2D eigenvalue weighted by Crippen LogP contribution is 2.46. The molecule has 1 saturated carbocycles. The van der Waals surface area contributed by atoms with E-state index in [0.717, 1.165) is 38.2 Å². The molecule has 0 radical (unpaired) electrons. The zero-order chi connectivity index (χ0) is 25.4. The highest BCUT2D eigenvalue weighted by molar-refractivity contribution is 6.33. The summed E-state index contributed by atoms with van der Waals surface area (Å²) < 4.78 is 31.7. The van der Waals surface area contributed by atoms with Crippen molar-refractivity contribution < 1.29 is 23.1 Å². The van der Waals surface area contributed by atoms with E-state index < -0.39 is 12.1 Å². The second kappa shape index (κ2) is 9.46. The predicted octanol–water partition coefficient (Wildman–Crippen LogP) is 3.38. The average Bonchev–Trinajstić information content (AvgIpc) is 3.39. The first-order valence-corrected chi connectivity index (χ1v) is 11.3. The average molecular weight is 513 g/mol. The molecule has 0 unspecified atom stereocenters. The maximum atomic E-state index is 10.6. The number of aromatic nitrogens is 5. The van der Waals surface area contributed by atoms with Crippen molar-refractivity contribution >= 4 is 40.4 Å². The number of nitrogens with zero attached hydrogens (tertiary/aromatic N) is 5. The molecule has 1 aliphatic carbocycles. The molecule has 2 fully saturated rings. The molecular weight excluding hydrogens is 489 g/mol. The number of carbonyl (C=O) groups is 1. The minimum Gasteiger partial charge on any atom is -0.475 e. The molecule has 3 aromatic heterocycles. The van der Waals surface area contributed by atoms with Gasteiger partial charge in [-0.15, -0.1) is 0 Å². The summed E-state index contributed by atoms with van der Waals surface area (Å²) in [5.74, 6) is -1.51. The third-order valence-electron chi connectivity index (χ3n) is 6.70. The largest absolute Gasteiger partial charge is 0.490 e. The predicted molar refractivity (Wildman–Crippen MR) is 124 cm³/mol. The molecule has 4 heterocycles. The SMILES string of the molecule is Nc1cc(-c2[nH]nc3nc(N4CCC5(CCC[C@H]5N)CC4)cnc23)c(Cl)cn1.O=C(O)C(F)(F)F. The maximum Gasteiger partial charge on any atom is 0.490 e. The van der Waals surface area contributed by atoms with Crippen molar-refractivity contribution in [1.82, 2.24) is 25.1 Å². The standard InChI is InChI=1S/C19H23ClN8.C2HF3O2/c20-12-9-23-14(22)8-11(12)16-17-18(27-26-16)25-15(10-24-17)28-6-4-19(5-7-28)3-1-2-13(19)21;3-2(4,5)1(6)7/h8-10,13H,1-7,21H2,(H2,22,23)(H,25,26,27);(H,6,7)/t13-;/m1./s1. The molecule has 5 rings (SSSR count). The number of carboxylic acid groups (broad SMARTS) is 1. The topological polar surface area (TPSA) is 160 Å². The third kappa shape index (κ3) is 5.10. The number of hydrogen-bond acceptors (Lipinski definition) is 8. The lowest BCUT2D eigenvalue weighted by Crippen LogP contribution is -2.47. The number of pyridine rings is 1. The zero-order valence-corrected chi connectivity index (χ0v) is 19.3. The van der Waals surface area contributed by atoms with Crippen LogP contribution in [0.2, 0.25) is 5.02 Å². The van der Waals surface area contributed by atoms with Crippen molar-refractivity contribution in [2.45, 2.75) is 44.3 Å². The summed E-state index contributed by atoms with van der Waals surface area (Å²) in [6.45, 7) is 1.91. The van der Waals surface area contributed by atoms with Crippen LogP contribution in [0, 0.1) is 5.41 Å². The molecule has 0 amide bonds. The lowest BCUT2D eigenvalue weighted by molar-refractivity contribution is -0.192. The van der Waals surface area contributed by atoms with E-state index in [0.29, 0.717) is 44.7 Å². The van der Waals surface area contributed by atoms with Crippen LogP contribution < -0.4 is 16.4 Å². The molecule has 0 aromatic carbocycles. The summed E-state index contributed by atoms with van der Waals surface area (Å²) in [4.78, 5) is 24.5. The fourth-order valence-corrected chi connectivity index (χ4v) is 4.94. The second-order valence-corrected chi connectivity index (χ2v) is 9.15. The maximum absolute atomic E-state index is 10.6. The van der Waals surface area contributed by atoms with E-state index in [4.69, 9.17) is 38.0 Å². The van der Waals surface area contributed by atoms with E-state index >= 15 is 0 Å². The fourth-order valence-electron chi connectivity index (χ4n) is 4.74. The van der Waals surface area contributed by atoms with Crippen molar-refractivity contribution in [3.63, 3.8) is 0 Å². The van der Waals surface area contributed by atoms with E-state index in [-0.39, 0.29) is 0 Å². The van der Waals surface area contributed by atoms with E-state index in [1.807, 2.05) is 6.20 Å². The molecule has 1 atom stereocenters. The van der Waals surface area contributed by atoms with E-state index in [1.165, 1.54) is 19.0 Å². The van der Waals surface area contributed by atoms with E-state index in [2.05, 4.69) is 25.1 Å². The van der Waals surface area contributed by atoms with Gasteiger partial charge in [-0.1, -0.05) is 18.0 Å². The molecular formula is C21H24ClF3N8O2. The van der Waals surface area contributed by atoms with Crippen LogP contribution in [0.15, 0.2) is 18.5 Å². The van der Waals surface area contributed by atoms with Gasteiger partial charge < -0.3 is 21.5 Å². The van der Waals surface area contributed by atoms with Gasteiger partial charge in [0.2, 0.25) is 5.65 Å². The Morgan fingerprint density at radius 2 is 1.91 bits per heavy atom. The van der Waals surface area contributed by atoms with Gasteiger partial charge >= 0.3 is 12.1 Å². The summed E-state index contributed by atoms with van der Waals surface area (Å²) in [5, 5.41) is 14.9. The Kier molecular flexibility index (Phi) is 6.73. The number of nitrogens with one attached hydrogen (secondary N) is 1. The van der Waals surface area contributed by atoms with Crippen LogP contribution in [-0.2, 0) is 4.79 Å². The highest BCUT2D eigenvalue weighted by Gasteiger charge is 2.43. The van der Waals surface area contributed by atoms with Crippen LogP contribution in [0.4, 0.5) is 24.8 Å². The number of piperidine rings is 1. The van der Waals surface area contributed by atoms with Crippen molar-refractivity contribution in [1.29, 1.82) is 0 Å². The number of carboxylic acids is 1. The van der Waals surface area contributed by atoms with Crippen molar-refractivity contribution in [2.24, 2.45) is 11.1 Å². The fraction of sp³-hybridized carbons (Fsp3) is 0.476. The quantitative estimate of drug-likeness (QED) is 0.403. The molecule has 14 heteroatoms. The first-order valence-electron chi connectivity index (χ1n) is 10.9. The number of nitrogen functional groups attached to an aromatic ring is 1. The molecule has 0 bridgehead atoms. The molecule has 2 aliphatic rings. The number of aromatic amines is 1. The molecule has 35 heavy (non-hydrogen) atoms. The van der Waals surface area contributed by atoms with Crippen LogP contribution in [0.3, 0.4) is 0 Å². The van der Waals surface area contributed by atoms with E-state index in [9.17, 15) is 13.2 Å². The monoisotopic (exact) mass is 512 g/mol. The number of rotatable bonds is 2. The van der Waals surface area contributed by atoms with Gasteiger partial charge in [0.1, 0.15) is 17.2 Å². The first-order chi connectivity index (χ1) is 16.5. The molecule has 1 aliphatic heterocycles. The summed E-state index contributed by atoms with van der Waals surface area (Å²) in [5.41, 5.74) is 15.2. The van der Waals surface area contributed by atoms with Crippen LogP contribution in [0.25, 0.3) is 22.4 Å². The van der Waals surface area contributed by atoms with Crippen LogP contribution in [0.1, 0.15) is 32.1 Å². The number of H-pyrrole nitrogens is 1. The van der Waals surface area contributed by atoms with Gasteiger partial charge in [-0.3, -0.25) is 5.10 Å². The summed E-state index contributed by atoms with van der Waals surface area (Å²) >= 11 is 6.28. The normalized spacial score (nSPS) is 19.6.